The number of carbonyl (C=O) groups is 3. The highest BCUT2D eigenvalue weighted by atomic mass is 16.2. The zero-order valence-electron chi connectivity index (χ0n) is 22.4. The summed E-state index contributed by atoms with van der Waals surface area (Å²) in [7, 11) is 0. The van der Waals surface area contributed by atoms with Crippen molar-refractivity contribution < 1.29 is 14.4 Å². The van der Waals surface area contributed by atoms with Crippen molar-refractivity contribution in [1.29, 1.82) is 0 Å². The molecule has 2 aliphatic carbocycles. The van der Waals surface area contributed by atoms with E-state index in [1.807, 2.05) is 48.2 Å². The van der Waals surface area contributed by atoms with Crippen LogP contribution >= 0.6 is 0 Å². The van der Waals surface area contributed by atoms with E-state index in [4.69, 9.17) is 5.53 Å². The molecule has 3 amide bonds. The Balaban J connectivity index is 1.22. The number of aryl methyl sites for hydroxylation is 1. The number of azide groups is 1. The molecular formula is C30H36N6O3. The molecule has 4 unspecified atom stereocenters. The van der Waals surface area contributed by atoms with Crippen molar-refractivity contribution in [2.45, 2.75) is 69.9 Å². The number of fused-ring (bicyclic) bond motifs is 1. The van der Waals surface area contributed by atoms with Crippen LogP contribution in [-0.4, -0.2) is 42.9 Å². The first-order chi connectivity index (χ1) is 18.9. The maximum atomic E-state index is 13.3. The van der Waals surface area contributed by atoms with Crippen LogP contribution in [0.3, 0.4) is 0 Å². The Morgan fingerprint density at radius 2 is 1.95 bits per heavy atom. The van der Waals surface area contributed by atoms with Gasteiger partial charge in [0, 0.05) is 35.3 Å². The van der Waals surface area contributed by atoms with Crippen molar-refractivity contribution in [3.8, 4) is 0 Å². The highest BCUT2D eigenvalue weighted by Gasteiger charge is 2.40. The van der Waals surface area contributed by atoms with Gasteiger partial charge in [-0.2, -0.15) is 0 Å². The topological polar surface area (TPSA) is 127 Å². The lowest BCUT2D eigenvalue weighted by molar-refractivity contribution is -0.129. The largest absolute Gasteiger partial charge is 0.357 e. The van der Waals surface area contributed by atoms with E-state index in [0.29, 0.717) is 36.4 Å². The fourth-order valence-electron chi connectivity index (χ4n) is 6.87. The summed E-state index contributed by atoms with van der Waals surface area (Å²) in [5.74, 6) is 0.544. The van der Waals surface area contributed by atoms with E-state index in [-0.39, 0.29) is 24.3 Å². The van der Waals surface area contributed by atoms with Gasteiger partial charge in [-0.3, -0.25) is 14.4 Å². The molecule has 9 heteroatoms. The lowest BCUT2D eigenvalue weighted by Crippen LogP contribution is -2.57. The quantitative estimate of drug-likeness (QED) is 0.310. The monoisotopic (exact) mass is 528 g/mol. The Morgan fingerprint density at radius 3 is 2.74 bits per heavy atom. The molecule has 5 atom stereocenters. The van der Waals surface area contributed by atoms with Gasteiger partial charge in [-0.05, 0) is 84.8 Å². The van der Waals surface area contributed by atoms with E-state index < -0.39 is 11.9 Å². The Labute approximate surface area is 229 Å². The molecule has 1 aliphatic heterocycles. The Kier molecular flexibility index (Phi) is 8.17. The number of nitrogens with zero attached hydrogens (tertiary/aromatic N) is 4. The molecular weight excluding hydrogens is 492 g/mol. The molecule has 1 saturated heterocycles. The zero-order chi connectivity index (χ0) is 27.4. The molecule has 3 fully saturated rings. The van der Waals surface area contributed by atoms with Gasteiger partial charge in [-0.15, -0.1) is 0 Å². The average Bonchev–Trinajstić information content (AvgIpc) is 2.95. The second-order valence-corrected chi connectivity index (χ2v) is 11.2. The third-order valence-corrected chi connectivity index (χ3v) is 8.81. The summed E-state index contributed by atoms with van der Waals surface area (Å²) in [6.45, 7) is 3.28. The smallest absolute Gasteiger partial charge is 0.249 e. The highest BCUT2D eigenvalue weighted by molar-refractivity contribution is 5.95. The predicted molar refractivity (Wildman–Crippen MR) is 149 cm³/mol. The van der Waals surface area contributed by atoms with Gasteiger partial charge in [0.05, 0.1) is 6.42 Å². The van der Waals surface area contributed by atoms with Crippen LogP contribution in [-0.2, 0) is 9.59 Å². The molecule has 0 aromatic heterocycles. The van der Waals surface area contributed by atoms with Crippen LogP contribution in [0.5, 0.6) is 0 Å². The average molecular weight is 529 g/mol. The summed E-state index contributed by atoms with van der Waals surface area (Å²) in [6.07, 6.45) is 6.31. The predicted octanol–water partition coefficient (Wildman–Crippen LogP) is 5.01. The first-order valence-electron chi connectivity index (χ1n) is 14.0. The number of nitrogens with one attached hydrogen (secondary N) is 2. The number of hydrogen-bond acceptors (Lipinski definition) is 4. The molecule has 5 rings (SSSR count). The van der Waals surface area contributed by atoms with Crippen molar-refractivity contribution in [2.24, 2.45) is 17.0 Å². The normalized spacial score (nSPS) is 26.5. The third kappa shape index (κ3) is 6.09. The fraction of sp³-hybridized carbons (Fsp3) is 0.500. The molecule has 204 valence electrons. The zero-order valence-corrected chi connectivity index (χ0v) is 22.4. The standard InChI is InChI=1S/C30H36N6O3/c1-19-8-11-24(12-9-19)36-15-14-32-30(39)27(36)18-28(37)33-26-7-3-5-22-16-21(10-13-25(22)26)20-4-2-6-23(17-20)29(38)34-35-31/h2,4,6,8-9,11-12,17,21-22,25-27H,3,5,7,10,13-16,18H2,1H3,(H,32,39)(H,33,37)/t21?,22?,25?,26-,27?/m1/s1. The van der Waals surface area contributed by atoms with Gasteiger partial charge in [-0.25, -0.2) is 0 Å². The number of carbonyl (C=O) groups excluding carboxylic acids is 3. The van der Waals surface area contributed by atoms with E-state index >= 15 is 0 Å². The molecule has 2 N–H and O–H groups in total. The summed E-state index contributed by atoms with van der Waals surface area (Å²) >= 11 is 0. The second-order valence-electron chi connectivity index (χ2n) is 11.2. The lowest BCUT2D eigenvalue weighted by Gasteiger charge is -2.44. The van der Waals surface area contributed by atoms with E-state index in [9.17, 15) is 14.4 Å². The minimum absolute atomic E-state index is 0.0637. The lowest BCUT2D eigenvalue weighted by atomic mass is 9.64. The molecule has 0 spiro atoms. The minimum atomic E-state index is -0.555. The van der Waals surface area contributed by atoms with E-state index in [1.165, 1.54) is 0 Å². The molecule has 2 aromatic carbocycles. The Hall–Kier alpha value is -3.84. The number of benzene rings is 2. The van der Waals surface area contributed by atoms with Crippen molar-refractivity contribution in [3.05, 3.63) is 75.7 Å². The maximum absolute atomic E-state index is 13.3. The van der Waals surface area contributed by atoms with Crippen LogP contribution in [0, 0.1) is 18.8 Å². The number of hydrogen-bond donors (Lipinski definition) is 2. The summed E-state index contributed by atoms with van der Waals surface area (Å²) in [4.78, 5) is 42.8. The second kappa shape index (κ2) is 11.9. The number of rotatable bonds is 6. The molecule has 2 saturated carbocycles. The molecule has 2 aromatic rings. The van der Waals surface area contributed by atoms with Gasteiger partial charge in [0.2, 0.25) is 17.7 Å². The van der Waals surface area contributed by atoms with Gasteiger partial charge in [0.25, 0.3) is 0 Å². The van der Waals surface area contributed by atoms with Crippen molar-refractivity contribution in [3.63, 3.8) is 0 Å². The van der Waals surface area contributed by atoms with E-state index in [1.54, 1.807) is 6.07 Å². The van der Waals surface area contributed by atoms with Crippen LogP contribution < -0.4 is 15.5 Å². The van der Waals surface area contributed by atoms with Crippen LogP contribution in [0.15, 0.2) is 53.6 Å². The van der Waals surface area contributed by atoms with Crippen molar-refractivity contribution in [1.82, 2.24) is 10.6 Å². The number of piperazine rings is 1. The van der Waals surface area contributed by atoms with Gasteiger partial charge >= 0.3 is 0 Å². The summed E-state index contributed by atoms with van der Waals surface area (Å²) in [5.41, 5.74) is 12.3. The first-order valence-corrected chi connectivity index (χ1v) is 14.0. The highest BCUT2D eigenvalue weighted by Crippen LogP contribution is 2.46. The summed E-state index contributed by atoms with van der Waals surface area (Å²) in [5, 5.41) is 9.48. The van der Waals surface area contributed by atoms with Crippen LogP contribution in [0.25, 0.3) is 10.4 Å². The van der Waals surface area contributed by atoms with Crippen LogP contribution in [0.2, 0.25) is 0 Å². The van der Waals surface area contributed by atoms with Gasteiger partial charge in [0.1, 0.15) is 6.04 Å². The molecule has 39 heavy (non-hydrogen) atoms. The first kappa shape index (κ1) is 26.8. The number of amides is 3. The molecule has 3 aliphatic rings. The molecule has 1 heterocycles. The number of anilines is 1. The molecule has 0 radical (unpaired) electrons. The van der Waals surface area contributed by atoms with Crippen molar-refractivity contribution >= 4 is 23.4 Å². The Morgan fingerprint density at radius 1 is 1.13 bits per heavy atom. The van der Waals surface area contributed by atoms with Gasteiger partial charge < -0.3 is 15.5 Å². The Bertz CT molecular complexity index is 1270. The fourth-order valence-corrected chi connectivity index (χ4v) is 6.87. The van der Waals surface area contributed by atoms with E-state index in [0.717, 1.165) is 55.3 Å². The van der Waals surface area contributed by atoms with Gasteiger partial charge in [0.15, 0.2) is 0 Å². The minimum Gasteiger partial charge on any atom is -0.357 e. The summed E-state index contributed by atoms with van der Waals surface area (Å²) < 4.78 is 0. The SMILES string of the molecule is Cc1ccc(N2CCNC(=O)C2CC(=O)N[C@@H]2CCCC3CC(c4cccc(C(=O)N=[N+]=[N-])c4)CCC32)cc1. The maximum Gasteiger partial charge on any atom is 0.249 e. The summed E-state index contributed by atoms with van der Waals surface area (Å²) in [6, 6.07) is 15.2. The molecule has 0 bridgehead atoms. The third-order valence-electron chi connectivity index (χ3n) is 8.81. The molecule has 9 nitrogen and oxygen atoms in total. The van der Waals surface area contributed by atoms with Crippen LogP contribution in [0.1, 0.15) is 72.3 Å². The van der Waals surface area contributed by atoms with Crippen LogP contribution in [0.4, 0.5) is 5.69 Å². The van der Waals surface area contributed by atoms with E-state index in [2.05, 4.69) is 26.7 Å². The van der Waals surface area contributed by atoms with Gasteiger partial charge in [-0.1, -0.05) is 48.7 Å². The van der Waals surface area contributed by atoms with Crippen molar-refractivity contribution in [2.75, 3.05) is 18.0 Å².